The maximum Gasteiger partial charge on any atom is 0.0943 e. The molecule has 0 aliphatic carbocycles. The average Bonchev–Trinajstić information content (AvgIpc) is 2.32. The topological polar surface area (TPSA) is 24.5 Å². The normalized spacial score (nSPS) is 36.2. The molecule has 2 unspecified atom stereocenters. The first-order valence-corrected chi connectivity index (χ1v) is 4.51. The molecule has 3 nitrogen and oxygen atoms in total. The predicted molar refractivity (Wildman–Crippen MR) is 50.4 cm³/mol. The van der Waals surface area contributed by atoms with E-state index in [0.29, 0.717) is 6.04 Å². The number of nitrogens with one attached hydrogen (secondary N) is 1. The van der Waals surface area contributed by atoms with Gasteiger partial charge in [0.2, 0.25) is 0 Å². The van der Waals surface area contributed by atoms with Crippen LogP contribution in [0.25, 0.3) is 0 Å². The Balaban J connectivity index is 2.52. The van der Waals surface area contributed by atoms with E-state index in [-0.39, 0.29) is 5.60 Å². The highest BCUT2D eigenvalue weighted by Crippen LogP contribution is 2.23. The Morgan fingerprint density at radius 3 is 2.58 bits per heavy atom. The Morgan fingerprint density at radius 1 is 1.58 bits per heavy atom. The molecule has 1 rings (SSSR count). The molecule has 1 saturated heterocycles. The van der Waals surface area contributed by atoms with Gasteiger partial charge in [-0.15, -0.1) is 0 Å². The lowest BCUT2D eigenvalue weighted by Crippen LogP contribution is -2.43. The zero-order valence-electron chi connectivity index (χ0n) is 8.55. The van der Waals surface area contributed by atoms with Gasteiger partial charge in [0.05, 0.1) is 5.60 Å². The second-order valence-electron chi connectivity index (χ2n) is 4.11. The third-order valence-corrected chi connectivity index (χ3v) is 2.49. The van der Waals surface area contributed by atoms with Crippen LogP contribution in [0.3, 0.4) is 0 Å². The Labute approximate surface area is 75.1 Å². The molecule has 1 heterocycles. The van der Waals surface area contributed by atoms with Gasteiger partial charge in [-0.3, -0.25) is 0 Å². The minimum absolute atomic E-state index is 0.0446. The second-order valence-corrected chi connectivity index (χ2v) is 4.11. The highest BCUT2D eigenvalue weighted by molar-refractivity contribution is 4.95. The molecular weight excluding hydrogens is 152 g/mol. The summed E-state index contributed by atoms with van der Waals surface area (Å²) >= 11 is 0. The van der Waals surface area contributed by atoms with Crippen molar-refractivity contribution in [2.45, 2.75) is 25.0 Å². The molecule has 1 aliphatic rings. The van der Waals surface area contributed by atoms with Gasteiger partial charge >= 0.3 is 0 Å². The molecule has 2 atom stereocenters. The number of hydrogen-bond acceptors (Lipinski definition) is 3. The molecular formula is C9H20N2O. The number of rotatable bonds is 3. The van der Waals surface area contributed by atoms with Crippen LogP contribution >= 0.6 is 0 Å². The first kappa shape index (κ1) is 9.96. The van der Waals surface area contributed by atoms with Gasteiger partial charge in [0.25, 0.3) is 0 Å². The van der Waals surface area contributed by atoms with Gasteiger partial charge in [-0.2, -0.15) is 0 Å². The third-order valence-electron chi connectivity index (χ3n) is 2.49. The molecule has 1 aliphatic heterocycles. The van der Waals surface area contributed by atoms with Crippen molar-refractivity contribution in [3.8, 4) is 0 Å². The van der Waals surface area contributed by atoms with E-state index in [1.54, 1.807) is 0 Å². The largest absolute Gasteiger partial charge is 0.376 e. The summed E-state index contributed by atoms with van der Waals surface area (Å²) in [7, 11) is 5.98. The summed E-state index contributed by atoms with van der Waals surface area (Å²) < 4.78 is 5.58. The molecule has 0 aromatic rings. The molecule has 0 radical (unpaired) electrons. The first-order chi connectivity index (χ1) is 5.58. The maximum atomic E-state index is 5.58. The van der Waals surface area contributed by atoms with Crippen molar-refractivity contribution in [2.24, 2.45) is 0 Å². The van der Waals surface area contributed by atoms with E-state index in [0.717, 1.165) is 19.5 Å². The highest BCUT2D eigenvalue weighted by Gasteiger charge is 2.37. The fourth-order valence-electron chi connectivity index (χ4n) is 1.98. The van der Waals surface area contributed by atoms with Crippen LogP contribution in [0, 0.1) is 0 Å². The minimum Gasteiger partial charge on any atom is -0.376 e. The van der Waals surface area contributed by atoms with Crippen molar-refractivity contribution in [2.75, 3.05) is 34.3 Å². The summed E-state index contributed by atoms with van der Waals surface area (Å²) in [5, 5.41) is 3.42. The average molecular weight is 172 g/mol. The fourth-order valence-corrected chi connectivity index (χ4v) is 1.98. The van der Waals surface area contributed by atoms with Crippen molar-refractivity contribution in [3.05, 3.63) is 0 Å². The van der Waals surface area contributed by atoms with Crippen LogP contribution in [0.1, 0.15) is 13.3 Å². The number of likely N-dealkylation sites (N-methyl/N-ethyl adjacent to an activating group) is 1. The van der Waals surface area contributed by atoms with Crippen LogP contribution in [0.5, 0.6) is 0 Å². The van der Waals surface area contributed by atoms with Crippen molar-refractivity contribution in [1.82, 2.24) is 10.2 Å². The molecule has 0 bridgehead atoms. The van der Waals surface area contributed by atoms with E-state index in [2.05, 4.69) is 31.2 Å². The van der Waals surface area contributed by atoms with Crippen molar-refractivity contribution >= 4 is 0 Å². The number of methoxy groups -OCH3 is 1. The van der Waals surface area contributed by atoms with Crippen molar-refractivity contribution in [3.63, 3.8) is 0 Å². The molecule has 0 aromatic carbocycles. The van der Waals surface area contributed by atoms with Gasteiger partial charge in [-0.1, -0.05) is 0 Å². The Bertz CT molecular complexity index is 149. The SMILES string of the molecule is COC1(CN(C)C)CNC(C)C1. The standard InChI is InChI=1S/C9H20N2O/c1-8-5-9(12-4,6-10-8)7-11(2)3/h8,10H,5-7H2,1-4H3. The highest BCUT2D eigenvalue weighted by atomic mass is 16.5. The van der Waals surface area contributed by atoms with Crippen LogP contribution in [-0.4, -0.2) is 50.8 Å². The lowest BCUT2D eigenvalue weighted by Gasteiger charge is -2.29. The third kappa shape index (κ3) is 2.19. The zero-order valence-corrected chi connectivity index (χ0v) is 8.55. The van der Waals surface area contributed by atoms with E-state index >= 15 is 0 Å². The zero-order chi connectivity index (χ0) is 9.19. The molecule has 1 fully saturated rings. The van der Waals surface area contributed by atoms with Crippen LogP contribution in [-0.2, 0) is 4.74 Å². The summed E-state index contributed by atoms with van der Waals surface area (Å²) in [6.07, 6.45) is 1.11. The summed E-state index contributed by atoms with van der Waals surface area (Å²) in [5.74, 6) is 0. The van der Waals surface area contributed by atoms with Gasteiger partial charge < -0.3 is 15.0 Å². The van der Waals surface area contributed by atoms with E-state index in [1.165, 1.54) is 0 Å². The van der Waals surface area contributed by atoms with Gasteiger partial charge in [-0.25, -0.2) is 0 Å². The summed E-state index contributed by atoms with van der Waals surface area (Å²) in [6.45, 7) is 4.18. The fraction of sp³-hybridized carbons (Fsp3) is 1.00. The summed E-state index contributed by atoms with van der Waals surface area (Å²) in [4.78, 5) is 2.18. The van der Waals surface area contributed by atoms with E-state index in [1.807, 2.05) is 7.11 Å². The molecule has 0 aromatic heterocycles. The van der Waals surface area contributed by atoms with Crippen LogP contribution in [0.4, 0.5) is 0 Å². The van der Waals surface area contributed by atoms with Gasteiger partial charge in [0.15, 0.2) is 0 Å². The molecule has 0 saturated carbocycles. The lowest BCUT2D eigenvalue weighted by atomic mass is 10.00. The second kappa shape index (κ2) is 3.73. The summed E-state index contributed by atoms with van der Waals surface area (Å²) in [6, 6.07) is 0.588. The molecule has 1 N–H and O–H groups in total. The maximum absolute atomic E-state index is 5.58. The minimum atomic E-state index is 0.0446. The predicted octanol–water partition coefficient (Wildman–Crippen LogP) is 0.315. The Hall–Kier alpha value is -0.120. The number of hydrogen-bond donors (Lipinski definition) is 1. The monoisotopic (exact) mass is 172 g/mol. The Kier molecular flexibility index (Phi) is 3.09. The molecule has 12 heavy (non-hydrogen) atoms. The Morgan fingerprint density at radius 2 is 2.25 bits per heavy atom. The van der Waals surface area contributed by atoms with Crippen molar-refractivity contribution < 1.29 is 4.74 Å². The smallest absolute Gasteiger partial charge is 0.0943 e. The van der Waals surface area contributed by atoms with Gasteiger partial charge in [0, 0.05) is 26.2 Å². The van der Waals surface area contributed by atoms with E-state index in [4.69, 9.17) is 4.74 Å². The van der Waals surface area contributed by atoms with Crippen LogP contribution in [0.15, 0.2) is 0 Å². The van der Waals surface area contributed by atoms with Gasteiger partial charge in [0.1, 0.15) is 0 Å². The summed E-state index contributed by atoms with van der Waals surface area (Å²) in [5.41, 5.74) is 0.0446. The van der Waals surface area contributed by atoms with E-state index in [9.17, 15) is 0 Å². The lowest BCUT2D eigenvalue weighted by molar-refractivity contribution is -0.0130. The molecule has 0 amide bonds. The van der Waals surface area contributed by atoms with Gasteiger partial charge in [-0.05, 0) is 27.4 Å². The van der Waals surface area contributed by atoms with Crippen molar-refractivity contribution in [1.29, 1.82) is 0 Å². The first-order valence-electron chi connectivity index (χ1n) is 4.51. The van der Waals surface area contributed by atoms with Crippen LogP contribution in [0.2, 0.25) is 0 Å². The van der Waals surface area contributed by atoms with Crippen LogP contribution < -0.4 is 5.32 Å². The number of ether oxygens (including phenoxy) is 1. The quantitative estimate of drug-likeness (QED) is 0.663. The molecule has 72 valence electrons. The molecule has 0 spiro atoms. The van der Waals surface area contributed by atoms with E-state index < -0.39 is 0 Å². The molecule has 3 heteroatoms. The number of nitrogens with zero attached hydrogens (tertiary/aromatic N) is 1.